The lowest BCUT2D eigenvalue weighted by molar-refractivity contribution is -0.0116. The molecule has 6 saturated heterocycles. The third kappa shape index (κ3) is 64.5. The fourth-order valence-corrected chi connectivity index (χ4v) is 9.65. The van der Waals surface area contributed by atoms with Crippen LogP contribution in [0.15, 0.2) is 9.98 Å². The second kappa shape index (κ2) is 80.1. The van der Waals surface area contributed by atoms with E-state index < -0.39 is 0 Å². The number of rotatable bonds is 8. The summed E-state index contributed by atoms with van der Waals surface area (Å²) in [5.41, 5.74) is 1.42. The maximum absolute atomic E-state index is 5.54. The van der Waals surface area contributed by atoms with Crippen molar-refractivity contribution in [2.24, 2.45) is 63.2 Å². The highest BCUT2D eigenvalue weighted by Crippen LogP contribution is 2.24. The van der Waals surface area contributed by atoms with Crippen LogP contribution in [0.2, 0.25) is 0 Å². The molecule has 0 spiro atoms. The maximum atomic E-state index is 5.54. The maximum Gasteiger partial charge on any atom is 0.0598 e. The van der Waals surface area contributed by atoms with Gasteiger partial charge in [0, 0.05) is 116 Å². The van der Waals surface area contributed by atoms with Crippen LogP contribution >= 0.6 is 0 Å². The van der Waals surface area contributed by atoms with Gasteiger partial charge in [0.1, 0.15) is 0 Å². The summed E-state index contributed by atoms with van der Waals surface area (Å²) in [5.74, 6) is 7.11. The Bertz CT molecular complexity index is 1040. The summed E-state index contributed by atoms with van der Waals surface area (Å²) >= 11 is 0. The number of nitrogens with zero attached hydrogens (tertiary/aromatic N) is 4. The van der Waals surface area contributed by atoms with Crippen LogP contribution in [-0.4, -0.2) is 145 Å². The van der Waals surface area contributed by atoms with Gasteiger partial charge in [-0.15, -0.1) is 0 Å². The molecule has 6 fully saturated rings. The Morgan fingerprint density at radius 2 is 0.884 bits per heavy atom. The summed E-state index contributed by atoms with van der Waals surface area (Å²) in [4.78, 5) is 13.5. The van der Waals surface area contributed by atoms with E-state index >= 15 is 0 Å². The van der Waals surface area contributed by atoms with Gasteiger partial charge < -0.3 is 29.6 Å². The summed E-state index contributed by atoms with van der Waals surface area (Å²) in [6.07, 6.45) is 21.3. The zero-order valence-corrected chi connectivity index (χ0v) is 65.5. The lowest BCUT2D eigenvalue weighted by atomic mass is 9.89. The van der Waals surface area contributed by atoms with Gasteiger partial charge in [0.15, 0.2) is 0 Å². The minimum atomic E-state index is 0.554. The topological polar surface area (TPSA) is 92.2 Å². The molecule has 0 aromatic carbocycles. The Kier molecular flexibility index (Phi) is 94.3. The summed E-state index contributed by atoms with van der Waals surface area (Å²) in [7, 11) is 0. The van der Waals surface area contributed by atoms with E-state index in [9.17, 15) is 0 Å². The lowest BCUT2D eigenvalue weighted by Crippen LogP contribution is -2.46. The predicted octanol–water partition coefficient (Wildman–Crippen LogP) is 21.3. The van der Waals surface area contributed by atoms with Crippen molar-refractivity contribution in [3.05, 3.63) is 0 Å². The summed E-state index contributed by atoms with van der Waals surface area (Å²) in [5, 5.41) is 6.67. The van der Waals surface area contributed by atoms with Crippen LogP contribution in [0.3, 0.4) is 0 Å². The molecule has 0 aromatic rings. The van der Waals surface area contributed by atoms with Crippen molar-refractivity contribution in [1.82, 2.24) is 20.4 Å². The molecule has 8 rings (SSSR count). The SMILES string of the molecule is CC.CC.CC.CC.CC.CC.CC.CC.CC(C)C1=NCCC1.CC(C)C1C=NCC1.CC(C)C1CCCCO1.CC(C)C1CCCCO1.CC(C)C1CCCOC1.CC(C)C1CCOCC1.CC(C)N1CCCNC1.CC(C)N1CCNCC1. The van der Waals surface area contributed by atoms with Crippen molar-refractivity contribution in [1.29, 1.82) is 0 Å². The molecule has 0 amide bonds. The number of piperazine rings is 1. The molecule has 0 saturated carbocycles. The summed E-state index contributed by atoms with van der Waals surface area (Å²) < 4.78 is 21.7. The number of hydrogen-bond donors (Lipinski definition) is 2. The molecule has 86 heavy (non-hydrogen) atoms. The van der Waals surface area contributed by atoms with Gasteiger partial charge in [0.05, 0.1) is 12.2 Å². The minimum absolute atomic E-state index is 0.554. The van der Waals surface area contributed by atoms with Gasteiger partial charge in [-0.2, -0.15) is 0 Å². The van der Waals surface area contributed by atoms with Crippen molar-refractivity contribution < 1.29 is 18.9 Å². The molecule has 8 aliphatic heterocycles. The van der Waals surface area contributed by atoms with E-state index in [1.54, 1.807) is 0 Å². The number of ether oxygens (including phenoxy) is 4. The van der Waals surface area contributed by atoms with Crippen LogP contribution in [0.1, 0.15) is 311 Å². The Balaban J connectivity index is -0.000000130. The number of aliphatic imine (C=N–C) groups is 2. The fraction of sp³-hybridized carbons (Fsp3) is 0.974. The molecular formula is C76H170N6O4. The van der Waals surface area contributed by atoms with E-state index in [1.165, 1.54) is 122 Å². The van der Waals surface area contributed by atoms with Gasteiger partial charge in [-0.3, -0.25) is 19.8 Å². The molecule has 0 aliphatic carbocycles. The van der Waals surface area contributed by atoms with Crippen LogP contribution in [0.25, 0.3) is 0 Å². The van der Waals surface area contributed by atoms with Crippen LogP contribution in [0.5, 0.6) is 0 Å². The lowest BCUT2D eigenvalue weighted by Gasteiger charge is -2.30. The van der Waals surface area contributed by atoms with E-state index in [-0.39, 0.29) is 0 Å². The van der Waals surface area contributed by atoms with E-state index in [0.29, 0.717) is 36.0 Å². The number of hydrogen-bond acceptors (Lipinski definition) is 10. The zero-order valence-electron chi connectivity index (χ0n) is 65.5. The van der Waals surface area contributed by atoms with Crippen LogP contribution < -0.4 is 10.6 Å². The van der Waals surface area contributed by atoms with Crippen LogP contribution in [0, 0.1) is 53.3 Å². The predicted molar refractivity (Wildman–Crippen MR) is 396 cm³/mol. The largest absolute Gasteiger partial charge is 0.381 e. The first-order chi connectivity index (χ1) is 41.4. The summed E-state index contributed by atoms with van der Waals surface area (Å²) in [6.45, 7) is 84.4. The molecule has 4 unspecified atom stereocenters. The van der Waals surface area contributed by atoms with E-state index in [1.807, 2.05) is 111 Å². The Morgan fingerprint density at radius 3 is 1.10 bits per heavy atom. The first kappa shape index (κ1) is 101. The van der Waals surface area contributed by atoms with Gasteiger partial charge in [-0.05, 0) is 177 Å². The molecule has 8 aliphatic rings. The Labute approximate surface area is 546 Å². The third-order valence-corrected chi connectivity index (χ3v) is 15.3. The molecular weight excluding hydrogens is 1060 g/mol. The summed E-state index contributed by atoms with van der Waals surface area (Å²) in [6, 6.07) is 1.44. The highest BCUT2D eigenvalue weighted by Gasteiger charge is 2.20. The molecule has 0 aromatic heterocycles. The van der Waals surface area contributed by atoms with Crippen molar-refractivity contribution >= 4 is 11.9 Å². The quantitative estimate of drug-likeness (QED) is 0.248. The molecule has 0 radical (unpaired) electrons. The van der Waals surface area contributed by atoms with Crippen molar-refractivity contribution in [3.63, 3.8) is 0 Å². The van der Waals surface area contributed by atoms with Crippen LogP contribution in [-0.2, 0) is 18.9 Å². The molecule has 2 N–H and O–H groups in total. The highest BCUT2D eigenvalue weighted by atomic mass is 16.5. The molecule has 0 bridgehead atoms. The molecule has 8 heterocycles. The average Bonchev–Trinajstić information content (AvgIpc) is 4.37. The van der Waals surface area contributed by atoms with Gasteiger partial charge >= 0.3 is 0 Å². The fourth-order valence-electron chi connectivity index (χ4n) is 9.65. The van der Waals surface area contributed by atoms with E-state index in [2.05, 4.69) is 147 Å². The zero-order chi connectivity index (χ0) is 68.1. The molecule has 4 atom stereocenters. The van der Waals surface area contributed by atoms with Gasteiger partial charge in [-0.25, -0.2) is 0 Å². The van der Waals surface area contributed by atoms with E-state index in [0.717, 1.165) is 114 Å². The smallest absolute Gasteiger partial charge is 0.0598 e. The van der Waals surface area contributed by atoms with Crippen molar-refractivity contribution in [2.45, 2.75) is 336 Å². The van der Waals surface area contributed by atoms with Crippen molar-refractivity contribution in [3.8, 4) is 0 Å². The van der Waals surface area contributed by atoms with Gasteiger partial charge in [0.2, 0.25) is 0 Å². The van der Waals surface area contributed by atoms with E-state index in [4.69, 9.17) is 18.9 Å². The first-order valence-electron chi connectivity index (χ1n) is 37.8. The third-order valence-electron chi connectivity index (χ3n) is 15.3. The second-order valence-corrected chi connectivity index (χ2v) is 23.9. The molecule has 528 valence electrons. The Hall–Kier alpha value is -0.980. The van der Waals surface area contributed by atoms with Crippen LogP contribution in [0.4, 0.5) is 0 Å². The number of nitrogens with one attached hydrogen (secondary N) is 2. The standard InChI is InChI=1S/4C8H16O.2C7H16N2.2C7H13N.8C2H6/c1-7(2)8-3-5-9-6-4-8;1-7(2)8-4-3-5-9-6-8;2*1-7(2)8-5-3-4-6-9-8;1-7(2)9-5-3-8-4-6-9;1-7(2)9-5-3-4-8-6-9;1-6(2)7-3-4-8-5-7;1-6(2)7-4-3-5-8-7;8*1-2/h6*7-8H,3-6H2,1-2H3;5-7H,3-4H2,1-2H3;6H,3-5H2,1-2H3;8*1-2H3. The first-order valence-corrected chi connectivity index (χ1v) is 37.8. The second-order valence-electron chi connectivity index (χ2n) is 23.9. The molecule has 10 heteroatoms. The minimum Gasteiger partial charge on any atom is -0.381 e. The Morgan fingerprint density at radius 1 is 0.407 bits per heavy atom. The highest BCUT2D eigenvalue weighted by molar-refractivity contribution is 5.87. The van der Waals surface area contributed by atoms with Crippen molar-refractivity contribution in [2.75, 3.05) is 98.7 Å². The normalized spacial score (nSPS) is 21.3. The van der Waals surface area contributed by atoms with Gasteiger partial charge in [-0.1, -0.05) is 194 Å². The average molecular weight is 1230 g/mol. The molecule has 10 nitrogen and oxygen atoms in total. The monoisotopic (exact) mass is 1230 g/mol. The van der Waals surface area contributed by atoms with Gasteiger partial charge in [0.25, 0.3) is 0 Å².